The minimum Gasteiger partial charge on any atom is -0.444 e. The predicted molar refractivity (Wildman–Crippen MR) is 120 cm³/mol. The summed E-state index contributed by atoms with van der Waals surface area (Å²) in [6, 6.07) is 2.10. The Bertz CT molecular complexity index is 815. The maximum atomic E-state index is 13.2. The molecule has 2 saturated heterocycles. The molecular formula is C24H34N2O3S. The zero-order chi connectivity index (χ0) is 21.3. The normalized spacial score (nSPS) is 23.0. The molecule has 2 aliphatic heterocycles. The van der Waals surface area contributed by atoms with Gasteiger partial charge in [-0.25, -0.2) is 4.79 Å². The highest BCUT2D eigenvalue weighted by molar-refractivity contribution is 7.10. The first-order chi connectivity index (χ1) is 14.3. The molecule has 3 heterocycles. The second-order valence-corrected chi connectivity index (χ2v) is 10.8. The molecule has 0 N–H and O–H groups in total. The Morgan fingerprint density at radius 3 is 2.50 bits per heavy atom. The molecule has 1 aliphatic carbocycles. The van der Waals surface area contributed by atoms with Gasteiger partial charge in [0.2, 0.25) is 0 Å². The van der Waals surface area contributed by atoms with E-state index in [0.29, 0.717) is 24.9 Å². The van der Waals surface area contributed by atoms with Crippen molar-refractivity contribution in [3.05, 3.63) is 33.7 Å². The van der Waals surface area contributed by atoms with E-state index in [9.17, 15) is 9.59 Å². The van der Waals surface area contributed by atoms with Crippen LogP contribution in [0.5, 0.6) is 0 Å². The molecule has 1 aromatic heterocycles. The van der Waals surface area contributed by atoms with Gasteiger partial charge >= 0.3 is 6.09 Å². The molecule has 30 heavy (non-hydrogen) atoms. The molecular weight excluding hydrogens is 396 g/mol. The van der Waals surface area contributed by atoms with Gasteiger partial charge in [0.15, 0.2) is 0 Å². The molecule has 2 fully saturated rings. The van der Waals surface area contributed by atoms with Crippen LogP contribution in [0.4, 0.5) is 4.79 Å². The largest absolute Gasteiger partial charge is 0.444 e. The first-order valence-electron chi connectivity index (χ1n) is 11.4. The number of amides is 2. The average Bonchev–Trinajstić information content (AvgIpc) is 3.22. The summed E-state index contributed by atoms with van der Waals surface area (Å²) in [5.74, 6) is 1.16. The van der Waals surface area contributed by atoms with Crippen molar-refractivity contribution in [1.29, 1.82) is 0 Å². The smallest absolute Gasteiger partial charge is 0.410 e. The Labute approximate surface area is 184 Å². The van der Waals surface area contributed by atoms with Gasteiger partial charge in [-0.3, -0.25) is 4.79 Å². The van der Waals surface area contributed by atoms with E-state index in [1.807, 2.05) is 36.0 Å². The minimum absolute atomic E-state index is 0.168. The number of hydrogen-bond donors (Lipinski definition) is 0. The summed E-state index contributed by atoms with van der Waals surface area (Å²) in [7, 11) is 0. The third kappa shape index (κ3) is 4.74. The molecule has 5 nitrogen and oxygen atoms in total. The zero-order valence-electron chi connectivity index (χ0n) is 18.5. The van der Waals surface area contributed by atoms with Gasteiger partial charge in [0, 0.05) is 35.6 Å². The number of rotatable bonds is 2. The van der Waals surface area contributed by atoms with Crippen molar-refractivity contribution in [1.82, 2.24) is 9.80 Å². The molecule has 3 aliphatic rings. The van der Waals surface area contributed by atoms with Gasteiger partial charge < -0.3 is 14.5 Å². The van der Waals surface area contributed by atoms with Gasteiger partial charge in [-0.15, -0.1) is 11.3 Å². The minimum atomic E-state index is -0.460. The van der Waals surface area contributed by atoms with Crippen molar-refractivity contribution >= 4 is 23.3 Å². The number of likely N-dealkylation sites (tertiary alicyclic amines) is 2. The molecule has 0 saturated carbocycles. The molecule has 6 heteroatoms. The van der Waals surface area contributed by atoms with Gasteiger partial charge in [-0.1, -0.05) is 6.08 Å². The fourth-order valence-corrected chi connectivity index (χ4v) is 5.96. The van der Waals surface area contributed by atoms with Crippen LogP contribution in [0.2, 0.25) is 0 Å². The highest BCUT2D eigenvalue weighted by atomic mass is 32.1. The van der Waals surface area contributed by atoms with Crippen molar-refractivity contribution in [2.45, 2.75) is 77.2 Å². The van der Waals surface area contributed by atoms with Crippen LogP contribution in [0.1, 0.15) is 86.9 Å². The summed E-state index contributed by atoms with van der Waals surface area (Å²) >= 11 is 1.70. The number of thiophene rings is 1. The maximum Gasteiger partial charge on any atom is 0.410 e. The summed E-state index contributed by atoms with van der Waals surface area (Å²) < 4.78 is 5.50. The van der Waals surface area contributed by atoms with E-state index in [4.69, 9.17) is 4.74 Å². The lowest BCUT2D eigenvalue weighted by molar-refractivity contribution is 0.0205. The van der Waals surface area contributed by atoms with E-state index in [-0.39, 0.29) is 12.0 Å². The standard InChI is InChI=1S/C24H34N2O3S/c1-24(2,3)29-23(28)25-13-10-18(11-14-25)21-15-19(16-30-21)22(27)26-12-6-8-17-7-4-5-9-20(17)26/h9,15-18H,4-8,10-14H2,1-3H3. The van der Waals surface area contributed by atoms with Crippen molar-refractivity contribution in [3.8, 4) is 0 Å². The Hall–Kier alpha value is -1.82. The zero-order valence-corrected chi connectivity index (χ0v) is 19.3. The molecule has 0 radical (unpaired) electrons. The van der Waals surface area contributed by atoms with Crippen LogP contribution in [0, 0.1) is 5.92 Å². The van der Waals surface area contributed by atoms with Gasteiger partial charge in [0.1, 0.15) is 5.60 Å². The van der Waals surface area contributed by atoms with Gasteiger partial charge in [0.05, 0.1) is 5.56 Å². The number of allylic oxidation sites excluding steroid dienone is 2. The number of hydrogen-bond acceptors (Lipinski definition) is 4. The Morgan fingerprint density at radius 1 is 1.03 bits per heavy atom. The fraction of sp³-hybridized carbons (Fsp3) is 0.667. The number of carbonyl (C=O) groups is 2. The van der Waals surface area contributed by atoms with Crippen LogP contribution in [0.15, 0.2) is 23.2 Å². The predicted octanol–water partition coefficient (Wildman–Crippen LogP) is 5.78. The number of fused-ring (bicyclic) bond motifs is 1. The van der Waals surface area contributed by atoms with Crippen LogP contribution in [-0.4, -0.2) is 47.0 Å². The van der Waals surface area contributed by atoms with Crippen molar-refractivity contribution in [3.63, 3.8) is 0 Å². The van der Waals surface area contributed by atoms with E-state index in [1.165, 1.54) is 29.8 Å². The van der Waals surface area contributed by atoms with Crippen LogP contribution in [-0.2, 0) is 4.74 Å². The van der Waals surface area contributed by atoms with Crippen molar-refractivity contribution in [2.24, 2.45) is 5.92 Å². The van der Waals surface area contributed by atoms with Gasteiger partial charge in [-0.05, 0) is 83.6 Å². The molecule has 1 unspecified atom stereocenters. The molecule has 164 valence electrons. The lowest BCUT2D eigenvalue weighted by atomic mass is 9.84. The molecule has 2 amide bonds. The molecule has 1 atom stereocenters. The second kappa shape index (κ2) is 8.74. The number of nitrogens with zero attached hydrogens (tertiary/aromatic N) is 2. The van der Waals surface area contributed by atoms with Crippen molar-refractivity contribution < 1.29 is 14.3 Å². The highest BCUT2D eigenvalue weighted by Gasteiger charge is 2.32. The lowest BCUT2D eigenvalue weighted by Gasteiger charge is -2.37. The molecule has 1 aromatic rings. The highest BCUT2D eigenvalue weighted by Crippen LogP contribution is 2.37. The quantitative estimate of drug-likeness (QED) is 0.597. The average molecular weight is 431 g/mol. The Balaban J connectivity index is 1.37. The van der Waals surface area contributed by atoms with E-state index < -0.39 is 5.60 Å². The summed E-state index contributed by atoms with van der Waals surface area (Å²) in [6.45, 7) is 7.96. The third-order valence-electron chi connectivity index (χ3n) is 6.44. The topological polar surface area (TPSA) is 49.9 Å². The van der Waals surface area contributed by atoms with Gasteiger partial charge in [0.25, 0.3) is 5.91 Å². The summed E-state index contributed by atoms with van der Waals surface area (Å²) in [4.78, 5) is 30.7. The van der Waals surface area contributed by atoms with E-state index >= 15 is 0 Å². The first-order valence-corrected chi connectivity index (χ1v) is 12.3. The fourth-order valence-electron chi connectivity index (χ4n) is 4.90. The third-order valence-corrected chi connectivity index (χ3v) is 7.53. The number of carbonyl (C=O) groups excluding carboxylic acids is 2. The monoisotopic (exact) mass is 430 g/mol. The van der Waals surface area contributed by atoms with Crippen LogP contribution >= 0.6 is 11.3 Å². The molecule has 0 bridgehead atoms. The first kappa shape index (κ1) is 21.4. The summed E-state index contributed by atoms with van der Waals surface area (Å²) in [5, 5.41) is 2.03. The Morgan fingerprint density at radius 2 is 1.77 bits per heavy atom. The Kier molecular flexibility index (Phi) is 6.24. The van der Waals surface area contributed by atoms with Crippen LogP contribution in [0.3, 0.4) is 0 Å². The van der Waals surface area contributed by atoms with E-state index in [2.05, 4.69) is 12.1 Å². The SMILES string of the molecule is CC(C)(C)OC(=O)N1CCC(c2cc(C(=O)N3CCCC4CCCC=C43)cs2)CC1. The van der Waals surface area contributed by atoms with Crippen LogP contribution in [0.25, 0.3) is 0 Å². The number of piperidine rings is 2. The lowest BCUT2D eigenvalue weighted by Crippen LogP contribution is -2.41. The summed E-state index contributed by atoms with van der Waals surface area (Å²) in [5.41, 5.74) is 1.64. The number of ether oxygens (including phenoxy) is 1. The summed E-state index contributed by atoms with van der Waals surface area (Å²) in [6.07, 6.45) is 9.82. The van der Waals surface area contributed by atoms with E-state index in [1.54, 1.807) is 11.3 Å². The second-order valence-electron chi connectivity index (χ2n) is 9.84. The molecule has 0 spiro atoms. The van der Waals surface area contributed by atoms with Gasteiger partial charge in [-0.2, -0.15) is 0 Å². The molecule has 0 aromatic carbocycles. The van der Waals surface area contributed by atoms with Crippen LogP contribution < -0.4 is 0 Å². The maximum absolute atomic E-state index is 13.2. The van der Waals surface area contributed by atoms with Crippen molar-refractivity contribution in [2.75, 3.05) is 19.6 Å². The molecule has 4 rings (SSSR count). The van der Waals surface area contributed by atoms with E-state index in [0.717, 1.165) is 37.8 Å².